The topological polar surface area (TPSA) is 67.1 Å². The van der Waals surface area contributed by atoms with E-state index in [1.807, 2.05) is 0 Å². The second kappa shape index (κ2) is 5.24. The summed E-state index contributed by atoms with van der Waals surface area (Å²) in [6.45, 7) is 6.98. The molecule has 0 amide bonds. The predicted molar refractivity (Wildman–Crippen MR) is 76.3 cm³/mol. The fourth-order valence-corrected chi connectivity index (χ4v) is 1.83. The summed E-state index contributed by atoms with van der Waals surface area (Å²) in [4.78, 5) is 3.86. The third-order valence-corrected chi connectivity index (χ3v) is 2.80. The number of amidine groups is 1. The van der Waals surface area contributed by atoms with Crippen molar-refractivity contribution >= 4 is 22.4 Å². The standard InChI is InChI=1S/C14H14F2N4/c1-4-10(15)14(17)18-8(3)12-9-5-7(2)6-11(16)13(9)20-19-12/h4-6H,3H2,1-2H3,(H2,17,18)(H,19,20)/b10-4+. The van der Waals surface area contributed by atoms with Gasteiger partial charge in [0.1, 0.15) is 5.52 Å². The van der Waals surface area contributed by atoms with E-state index in [0.29, 0.717) is 11.1 Å². The van der Waals surface area contributed by atoms with E-state index in [2.05, 4.69) is 21.8 Å². The highest BCUT2D eigenvalue weighted by atomic mass is 19.1. The van der Waals surface area contributed by atoms with Gasteiger partial charge in [-0.15, -0.1) is 0 Å². The molecule has 1 aromatic carbocycles. The Hall–Kier alpha value is -2.50. The second-order valence-electron chi connectivity index (χ2n) is 4.32. The molecule has 0 spiro atoms. The van der Waals surface area contributed by atoms with Crippen LogP contribution in [0.4, 0.5) is 8.78 Å². The highest BCUT2D eigenvalue weighted by Crippen LogP contribution is 2.25. The summed E-state index contributed by atoms with van der Waals surface area (Å²) in [6, 6.07) is 3.13. The molecule has 0 fully saturated rings. The molecule has 1 aromatic heterocycles. The number of rotatable bonds is 3. The number of H-pyrrole nitrogens is 1. The van der Waals surface area contributed by atoms with E-state index in [4.69, 9.17) is 5.73 Å². The van der Waals surface area contributed by atoms with E-state index in [9.17, 15) is 8.78 Å². The third kappa shape index (κ3) is 2.45. The van der Waals surface area contributed by atoms with Gasteiger partial charge in [-0.05, 0) is 37.6 Å². The smallest absolute Gasteiger partial charge is 0.160 e. The van der Waals surface area contributed by atoms with E-state index < -0.39 is 11.6 Å². The van der Waals surface area contributed by atoms with Crippen LogP contribution < -0.4 is 5.73 Å². The van der Waals surface area contributed by atoms with Gasteiger partial charge >= 0.3 is 0 Å². The van der Waals surface area contributed by atoms with Crippen molar-refractivity contribution < 1.29 is 8.78 Å². The zero-order chi connectivity index (χ0) is 14.9. The fraction of sp³-hybridized carbons (Fsp3) is 0.143. The van der Waals surface area contributed by atoms with Crippen LogP contribution in [-0.2, 0) is 0 Å². The summed E-state index contributed by atoms with van der Waals surface area (Å²) in [5.41, 5.74) is 7.00. The number of benzene rings is 1. The van der Waals surface area contributed by atoms with E-state index in [-0.39, 0.29) is 17.0 Å². The zero-order valence-corrected chi connectivity index (χ0v) is 11.2. The molecule has 0 aliphatic rings. The first-order valence-corrected chi connectivity index (χ1v) is 5.94. The van der Waals surface area contributed by atoms with Gasteiger partial charge in [0.25, 0.3) is 0 Å². The van der Waals surface area contributed by atoms with Crippen molar-refractivity contribution in [2.24, 2.45) is 10.7 Å². The highest BCUT2D eigenvalue weighted by molar-refractivity contribution is 6.00. The number of fused-ring (bicyclic) bond motifs is 1. The number of aromatic nitrogens is 2. The van der Waals surface area contributed by atoms with Crippen molar-refractivity contribution in [1.29, 1.82) is 0 Å². The molecule has 2 aromatic rings. The van der Waals surface area contributed by atoms with E-state index in [1.54, 1.807) is 13.0 Å². The van der Waals surface area contributed by atoms with E-state index >= 15 is 0 Å². The van der Waals surface area contributed by atoms with Crippen molar-refractivity contribution in [3.05, 3.63) is 47.7 Å². The Morgan fingerprint density at radius 3 is 2.85 bits per heavy atom. The van der Waals surface area contributed by atoms with Crippen molar-refractivity contribution in [2.45, 2.75) is 13.8 Å². The van der Waals surface area contributed by atoms with Crippen LogP contribution in [0, 0.1) is 12.7 Å². The number of allylic oxidation sites excluding steroid dienone is 1. The lowest BCUT2D eigenvalue weighted by molar-refractivity contribution is 0.635. The predicted octanol–water partition coefficient (Wildman–Crippen LogP) is 3.21. The number of halogens is 2. The van der Waals surface area contributed by atoms with Crippen LogP contribution in [0.2, 0.25) is 0 Å². The summed E-state index contributed by atoms with van der Waals surface area (Å²) >= 11 is 0. The monoisotopic (exact) mass is 276 g/mol. The van der Waals surface area contributed by atoms with Crippen molar-refractivity contribution in [3.8, 4) is 0 Å². The minimum absolute atomic E-state index is 0.187. The number of nitrogens with two attached hydrogens (primary N) is 1. The largest absolute Gasteiger partial charge is 0.381 e. The van der Waals surface area contributed by atoms with Gasteiger partial charge in [0.2, 0.25) is 0 Å². The van der Waals surface area contributed by atoms with Crippen LogP contribution in [-0.4, -0.2) is 16.0 Å². The van der Waals surface area contributed by atoms with Gasteiger partial charge < -0.3 is 5.73 Å². The second-order valence-corrected chi connectivity index (χ2v) is 4.32. The van der Waals surface area contributed by atoms with E-state index in [1.165, 1.54) is 19.1 Å². The van der Waals surface area contributed by atoms with Crippen molar-refractivity contribution in [3.63, 3.8) is 0 Å². The average molecular weight is 276 g/mol. The fourth-order valence-electron chi connectivity index (χ4n) is 1.83. The molecule has 1 heterocycles. The summed E-state index contributed by atoms with van der Waals surface area (Å²) < 4.78 is 27.0. The van der Waals surface area contributed by atoms with Crippen molar-refractivity contribution in [1.82, 2.24) is 10.2 Å². The SMILES string of the molecule is C=C(N=C(N)/C(F)=C\C)c1[nH]nc2c(F)cc(C)cc12. The molecule has 0 atom stereocenters. The molecule has 3 N–H and O–H groups in total. The van der Waals surface area contributed by atoms with Crippen LogP contribution >= 0.6 is 0 Å². The van der Waals surface area contributed by atoms with Gasteiger partial charge in [0, 0.05) is 5.39 Å². The van der Waals surface area contributed by atoms with Crippen molar-refractivity contribution in [2.75, 3.05) is 0 Å². The number of aromatic amines is 1. The molecule has 0 unspecified atom stereocenters. The lowest BCUT2D eigenvalue weighted by Gasteiger charge is -2.01. The first kappa shape index (κ1) is 13.9. The zero-order valence-electron chi connectivity index (χ0n) is 11.2. The van der Waals surface area contributed by atoms with Crippen LogP contribution in [0.25, 0.3) is 16.6 Å². The Morgan fingerprint density at radius 1 is 1.50 bits per heavy atom. The van der Waals surface area contributed by atoms with Gasteiger partial charge in [0.05, 0.1) is 11.4 Å². The molecule has 0 saturated carbocycles. The van der Waals surface area contributed by atoms with Crippen LogP contribution in [0.5, 0.6) is 0 Å². The summed E-state index contributed by atoms with van der Waals surface area (Å²) in [6.07, 6.45) is 1.20. The van der Waals surface area contributed by atoms with Gasteiger partial charge in [-0.25, -0.2) is 13.8 Å². The Bertz CT molecular complexity index is 741. The minimum Gasteiger partial charge on any atom is -0.381 e. The normalized spacial score (nSPS) is 13.0. The highest BCUT2D eigenvalue weighted by Gasteiger charge is 2.13. The molecule has 104 valence electrons. The van der Waals surface area contributed by atoms with Crippen LogP contribution in [0.1, 0.15) is 18.2 Å². The number of aryl methyl sites for hydroxylation is 1. The number of nitrogens with zero attached hydrogens (tertiary/aromatic N) is 2. The lowest BCUT2D eigenvalue weighted by Crippen LogP contribution is -2.12. The van der Waals surface area contributed by atoms with Gasteiger partial charge in [-0.3, -0.25) is 5.10 Å². The molecular weight excluding hydrogens is 262 g/mol. The molecule has 20 heavy (non-hydrogen) atoms. The minimum atomic E-state index is -0.641. The number of nitrogens with one attached hydrogen (secondary N) is 1. The number of aliphatic imine (C=N–C) groups is 1. The Morgan fingerprint density at radius 2 is 2.20 bits per heavy atom. The van der Waals surface area contributed by atoms with Gasteiger partial charge in [-0.1, -0.05) is 6.58 Å². The summed E-state index contributed by atoms with van der Waals surface area (Å²) in [7, 11) is 0. The molecular formula is C14H14F2N4. The van der Waals surface area contributed by atoms with Gasteiger partial charge in [0.15, 0.2) is 17.5 Å². The molecule has 0 aliphatic heterocycles. The molecule has 0 aliphatic carbocycles. The molecule has 2 rings (SSSR count). The molecule has 0 radical (unpaired) electrons. The quantitative estimate of drug-likeness (QED) is 0.667. The van der Waals surface area contributed by atoms with E-state index in [0.717, 1.165) is 5.56 Å². The third-order valence-electron chi connectivity index (χ3n) is 2.80. The number of hydrogen-bond donors (Lipinski definition) is 2. The summed E-state index contributed by atoms with van der Waals surface area (Å²) in [5, 5.41) is 7.06. The maximum absolute atomic E-state index is 13.7. The first-order valence-electron chi connectivity index (χ1n) is 5.94. The molecule has 0 bridgehead atoms. The first-order chi connectivity index (χ1) is 9.43. The number of hydrogen-bond acceptors (Lipinski definition) is 2. The van der Waals surface area contributed by atoms with Gasteiger partial charge in [-0.2, -0.15) is 5.10 Å². The molecule has 0 saturated heterocycles. The molecule has 6 heteroatoms. The lowest BCUT2D eigenvalue weighted by atomic mass is 10.1. The Balaban J connectivity index is 2.51. The molecule has 4 nitrogen and oxygen atoms in total. The van der Waals surface area contributed by atoms with Crippen LogP contribution in [0.3, 0.4) is 0 Å². The average Bonchev–Trinajstić information content (AvgIpc) is 2.81. The Kier molecular flexibility index (Phi) is 3.65. The maximum atomic E-state index is 13.7. The van der Waals surface area contributed by atoms with Crippen LogP contribution in [0.15, 0.2) is 35.6 Å². The Labute approximate surface area is 114 Å². The maximum Gasteiger partial charge on any atom is 0.160 e. The summed E-state index contributed by atoms with van der Waals surface area (Å²) in [5.74, 6) is -1.36.